The van der Waals surface area contributed by atoms with Crippen molar-refractivity contribution in [3.05, 3.63) is 42.4 Å². The molecule has 8 nitrogen and oxygen atoms in total. The van der Waals surface area contributed by atoms with Crippen LogP contribution in [0.3, 0.4) is 0 Å². The molecule has 132 valence electrons. The Balaban J connectivity index is 2.13. The maximum Gasteiger partial charge on any atom is 0.278 e. The van der Waals surface area contributed by atoms with Crippen molar-refractivity contribution < 1.29 is 17.2 Å². The Morgan fingerprint density at radius 1 is 1.24 bits per heavy atom. The molecule has 0 aliphatic carbocycles. The lowest BCUT2D eigenvalue weighted by atomic mass is 10.3. The minimum absolute atomic E-state index is 0.0705. The Bertz CT molecular complexity index is 1020. The largest absolute Gasteiger partial charge is 0.318 e. The highest BCUT2D eigenvalue weighted by atomic mass is 32.2. The van der Waals surface area contributed by atoms with E-state index in [1.165, 1.54) is 42.6 Å². The van der Waals surface area contributed by atoms with E-state index in [1.807, 2.05) is 0 Å². The van der Waals surface area contributed by atoms with Gasteiger partial charge in [-0.1, -0.05) is 0 Å². The highest BCUT2D eigenvalue weighted by Gasteiger charge is 2.22. The number of alkyl halides is 2. The summed E-state index contributed by atoms with van der Waals surface area (Å²) >= 11 is 0. The van der Waals surface area contributed by atoms with Crippen LogP contribution >= 0.6 is 0 Å². The van der Waals surface area contributed by atoms with Crippen LogP contribution in [0.4, 0.5) is 14.6 Å². The predicted molar refractivity (Wildman–Crippen MR) is 86.9 cm³/mol. The Labute approximate surface area is 142 Å². The maximum atomic E-state index is 13.4. The molecule has 0 radical (unpaired) electrons. The Morgan fingerprint density at radius 3 is 2.64 bits per heavy atom. The smallest absolute Gasteiger partial charge is 0.278 e. The summed E-state index contributed by atoms with van der Waals surface area (Å²) in [6.45, 7) is -0.108. The lowest BCUT2D eigenvalue weighted by molar-refractivity contribution is 0.142. The number of fused-ring (bicyclic) bond motifs is 1. The van der Waals surface area contributed by atoms with Crippen LogP contribution in [0.2, 0.25) is 0 Å². The number of hydrogen-bond donors (Lipinski definition) is 0. The van der Waals surface area contributed by atoms with Crippen LogP contribution < -0.4 is 4.31 Å². The molecular formula is C14H14F2N6O2S. The molecule has 3 rings (SSSR count). The molecule has 25 heavy (non-hydrogen) atoms. The lowest BCUT2D eigenvalue weighted by Gasteiger charge is -2.19. The quantitative estimate of drug-likeness (QED) is 0.679. The SMILES string of the molecule is CN(c1nccnc1Cn1c(C(F)F)cc2cncnc21)S(C)(=O)=O. The van der Waals surface area contributed by atoms with E-state index in [4.69, 9.17) is 0 Å². The fourth-order valence-electron chi connectivity index (χ4n) is 2.41. The van der Waals surface area contributed by atoms with Crippen molar-refractivity contribution >= 4 is 26.9 Å². The first-order valence-corrected chi connectivity index (χ1v) is 8.95. The van der Waals surface area contributed by atoms with Crippen molar-refractivity contribution in [3.8, 4) is 0 Å². The van der Waals surface area contributed by atoms with Crippen molar-refractivity contribution in [1.29, 1.82) is 0 Å². The van der Waals surface area contributed by atoms with E-state index in [2.05, 4.69) is 19.9 Å². The Morgan fingerprint density at radius 2 is 1.96 bits per heavy atom. The molecule has 0 aromatic carbocycles. The summed E-state index contributed by atoms with van der Waals surface area (Å²) in [6, 6.07) is 1.30. The topological polar surface area (TPSA) is 93.9 Å². The molecule has 3 heterocycles. The summed E-state index contributed by atoms with van der Waals surface area (Å²) in [6.07, 6.45) is 3.69. The van der Waals surface area contributed by atoms with Crippen LogP contribution in [0.25, 0.3) is 11.0 Å². The van der Waals surface area contributed by atoms with Crippen LogP contribution in [-0.4, -0.2) is 46.2 Å². The standard InChI is InChI=1S/C14H14F2N6O2S/c1-21(25(2,23)24)14-10(18-3-4-19-14)7-22-11(12(15)16)5-9-6-17-8-20-13(9)22/h3-6,8,12H,7H2,1-2H3. The predicted octanol–water partition coefficient (Wildman–Crippen LogP) is 1.60. The van der Waals surface area contributed by atoms with Gasteiger partial charge in [-0.15, -0.1) is 0 Å². The second-order valence-corrected chi connectivity index (χ2v) is 7.33. The maximum absolute atomic E-state index is 13.4. The van der Waals surface area contributed by atoms with Gasteiger partial charge in [0.15, 0.2) is 5.82 Å². The van der Waals surface area contributed by atoms with Crippen LogP contribution in [-0.2, 0) is 16.6 Å². The van der Waals surface area contributed by atoms with Crippen molar-refractivity contribution in [3.63, 3.8) is 0 Å². The number of halogens is 2. The average Bonchev–Trinajstić information content (AvgIpc) is 2.93. The zero-order valence-corrected chi connectivity index (χ0v) is 14.2. The first kappa shape index (κ1) is 17.1. The van der Waals surface area contributed by atoms with Gasteiger partial charge in [-0.3, -0.25) is 9.29 Å². The molecule has 0 unspecified atom stereocenters. The number of rotatable bonds is 5. The molecular weight excluding hydrogens is 354 g/mol. The second-order valence-electron chi connectivity index (χ2n) is 5.31. The van der Waals surface area contributed by atoms with Gasteiger partial charge in [0.25, 0.3) is 6.43 Å². The summed E-state index contributed by atoms with van der Waals surface area (Å²) in [7, 11) is -2.25. The lowest BCUT2D eigenvalue weighted by Crippen LogP contribution is -2.27. The summed E-state index contributed by atoms with van der Waals surface area (Å²) in [4.78, 5) is 16.0. The fourth-order valence-corrected chi connectivity index (χ4v) is 2.88. The first-order valence-electron chi connectivity index (χ1n) is 7.10. The number of hydrogen-bond acceptors (Lipinski definition) is 6. The third kappa shape index (κ3) is 3.27. The van der Waals surface area contributed by atoms with Gasteiger partial charge in [0.05, 0.1) is 18.5 Å². The van der Waals surface area contributed by atoms with Crippen molar-refractivity contribution in [2.24, 2.45) is 0 Å². The van der Waals surface area contributed by atoms with E-state index in [-0.39, 0.29) is 23.8 Å². The molecule has 0 saturated carbocycles. The van der Waals surface area contributed by atoms with Gasteiger partial charge < -0.3 is 4.57 Å². The fraction of sp³-hybridized carbons (Fsp3) is 0.286. The summed E-state index contributed by atoms with van der Waals surface area (Å²) < 4.78 is 52.6. The van der Waals surface area contributed by atoms with Gasteiger partial charge in [-0.05, 0) is 6.07 Å². The molecule has 0 aliphatic rings. The van der Waals surface area contributed by atoms with Crippen LogP contribution in [0.1, 0.15) is 17.8 Å². The number of anilines is 1. The van der Waals surface area contributed by atoms with E-state index in [0.29, 0.717) is 11.0 Å². The van der Waals surface area contributed by atoms with E-state index < -0.39 is 16.4 Å². The number of aromatic nitrogens is 5. The van der Waals surface area contributed by atoms with Gasteiger partial charge in [0.2, 0.25) is 10.0 Å². The van der Waals surface area contributed by atoms with Gasteiger partial charge in [-0.2, -0.15) is 0 Å². The molecule has 0 saturated heterocycles. The Hall–Kier alpha value is -2.69. The third-order valence-corrected chi connectivity index (χ3v) is 4.84. The van der Waals surface area contributed by atoms with E-state index >= 15 is 0 Å². The highest BCUT2D eigenvalue weighted by molar-refractivity contribution is 7.92. The van der Waals surface area contributed by atoms with Gasteiger partial charge in [-0.25, -0.2) is 32.2 Å². The normalized spacial score (nSPS) is 12.0. The zero-order valence-electron chi connectivity index (χ0n) is 13.3. The number of sulfonamides is 1. The summed E-state index contributed by atoms with van der Waals surface area (Å²) in [5, 5.41) is 0.458. The van der Waals surface area contributed by atoms with E-state index in [9.17, 15) is 17.2 Å². The van der Waals surface area contributed by atoms with Crippen molar-refractivity contribution in [2.75, 3.05) is 17.6 Å². The molecule has 3 aromatic rings. The molecule has 0 aliphatic heterocycles. The van der Waals surface area contributed by atoms with Gasteiger partial charge in [0, 0.05) is 31.0 Å². The first-order chi connectivity index (χ1) is 11.8. The minimum atomic E-state index is -3.58. The summed E-state index contributed by atoms with van der Waals surface area (Å²) in [5.41, 5.74) is 0.284. The minimum Gasteiger partial charge on any atom is -0.318 e. The molecule has 3 aromatic heterocycles. The van der Waals surface area contributed by atoms with Crippen LogP contribution in [0.5, 0.6) is 0 Å². The zero-order chi connectivity index (χ0) is 18.2. The highest BCUT2D eigenvalue weighted by Crippen LogP contribution is 2.28. The Kier molecular flexibility index (Phi) is 4.33. The molecule has 11 heteroatoms. The molecule has 0 spiro atoms. The van der Waals surface area contributed by atoms with Gasteiger partial charge in [0.1, 0.15) is 17.7 Å². The monoisotopic (exact) mass is 368 g/mol. The van der Waals surface area contributed by atoms with Crippen LogP contribution in [0, 0.1) is 0 Å². The van der Waals surface area contributed by atoms with Gasteiger partial charge >= 0.3 is 0 Å². The molecule has 0 atom stereocenters. The van der Waals surface area contributed by atoms with Crippen molar-refractivity contribution in [1.82, 2.24) is 24.5 Å². The second kappa shape index (κ2) is 6.31. The average molecular weight is 368 g/mol. The van der Waals surface area contributed by atoms with Crippen molar-refractivity contribution in [2.45, 2.75) is 13.0 Å². The van der Waals surface area contributed by atoms with E-state index in [0.717, 1.165) is 10.6 Å². The molecule has 0 bridgehead atoms. The van der Waals surface area contributed by atoms with E-state index in [1.54, 1.807) is 0 Å². The molecule has 0 fully saturated rings. The number of nitrogens with zero attached hydrogens (tertiary/aromatic N) is 6. The third-order valence-electron chi connectivity index (χ3n) is 3.67. The molecule has 0 N–H and O–H groups in total. The molecule has 0 amide bonds. The van der Waals surface area contributed by atoms with Crippen LogP contribution in [0.15, 0.2) is 31.0 Å². The summed E-state index contributed by atoms with van der Waals surface area (Å²) in [5.74, 6) is 0.0705.